The Kier molecular flexibility index (Phi) is 4.57. The van der Waals surface area contributed by atoms with Gasteiger partial charge >= 0.3 is 5.97 Å². The molecule has 1 saturated heterocycles. The summed E-state index contributed by atoms with van der Waals surface area (Å²) in [5.74, 6) is 0.0721. The lowest BCUT2D eigenvalue weighted by molar-refractivity contribution is -0.140. The highest BCUT2D eigenvalue weighted by molar-refractivity contribution is 7.91. The first-order valence-corrected chi connectivity index (χ1v) is 10.2. The highest BCUT2D eigenvalue weighted by atomic mass is 32.2. The predicted octanol–water partition coefficient (Wildman–Crippen LogP) is 1.82. The van der Waals surface area contributed by atoms with Crippen molar-refractivity contribution in [1.29, 1.82) is 0 Å². The molecule has 1 aliphatic rings. The van der Waals surface area contributed by atoms with Crippen LogP contribution in [0.1, 0.15) is 41.4 Å². The Bertz CT molecular complexity index is 947. The van der Waals surface area contributed by atoms with Gasteiger partial charge in [0.25, 0.3) is 0 Å². The van der Waals surface area contributed by atoms with Gasteiger partial charge in [-0.2, -0.15) is 5.10 Å². The van der Waals surface area contributed by atoms with Crippen LogP contribution in [0, 0.1) is 20.8 Å². The van der Waals surface area contributed by atoms with Crippen molar-refractivity contribution in [3.8, 4) is 0 Å². The molecule has 0 radical (unpaired) electrons. The van der Waals surface area contributed by atoms with Crippen LogP contribution in [-0.4, -0.2) is 47.8 Å². The van der Waals surface area contributed by atoms with Gasteiger partial charge in [0, 0.05) is 17.5 Å². The number of rotatable bonds is 4. The van der Waals surface area contributed by atoms with Crippen molar-refractivity contribution in [3.63, 3.8) is 0 Å². The van der Waals surface area contributed by atoms with Crippen molar-refractivity contribution in [2.75, 3.05) is 18.6 Å². The first-order valence-electron chi connectivity index (χ1n) is 8.35. The fraction of sp³-hybridized carbons (Fsp3) is 0.588. The third-order valence-electron chi connectivity index (χ3n) is 4.96. The Morgan fingerprint density at radius 2 is 2.00 bits per heavy atom. The molecule has 3 heterocycles. The molecule has 8 heteroatoms. The third-order valence-corrected chi connectivity index (χ3v) is 6.71. The third kappa shape index (κ3) is 3.27. The van der Waals surface area contributed by atoms with Gasteiger partial charge in [-0.3, -0.25) is 4.79 Å². The van der Waals surface area contributed by atoms with E-state index in [0.717, 1.165) is 33.5 Å². The van der Waals surface area contributed by atoms with Crippen LogP contribution < -0.4 is 0 Å². The number of methoxy groups -OCH3 is 1. The smallest absolute Gasteiger partial charge is 0.305 e. The molecule has 1 fully saturated rings. The lowest BCUT2D eigenvalue weighted by Gasteiger charge is -2.13. The zero-order chi connectivity index (χ0) is 18.4. The summed E-state index contributed by atoms with van der Waals surface area (Å²) in [7, 11) is -1.61. The van der Waals surface area contributed by atoms with E-state index in [1.54, 1.807) is 4.68 Å². The molecule has 2 aromatic heterocycles. The highest BCUT2D eigenvalue weighted by Crippen LogP contribution is 2.31. The number of sulfone groups is 1. The molecule has 1 atom stereocenters. The van der Waals surface area contributed by atoms with Gasteiger partial charge in [-0.15, -0.1) is 0 Å². The summed E-state index contributed by atoms with van der Waals surface area (Å²) in [6.45, 7) is 5.83. The summed E-state index contributed by atoms with van der Waals surface area (Å²) in [6, 6.07) is -0.159. The van der Waals surface area contributed by atoms with Crippen molar-refractivity contribution in [2.45, 2.75) is 46.1 Å². The van der Waals surface area contributed by atoms with E-state index >= 15 is 0 Å². The number of aryl methyl sites for hydroxylation is 3. The van der Waals surface area contributed by atoms with E-state index in [1.165, 1.54) is 7.11 Å². The molecule has 0 bridgehead atoms. The van der Waals surface area contributed by atoms with Crippen molar-refractivity contribution >= 4 is 26.8 Å². The first-order chi connectivity index (χ1) is 11.7. The maximum Gasteiger partial charge on any atom is 0.305 e. The first kappa shape index (κ1) is 17.8. The molecule has 2 aromatic rings. The minimum atomic E-state index is -2.99. The number of nitrogens with zero attached hydrogens (tertiary/aromatic N) is 3. The Morgan fingerprint density at radius 1 is 1.28 bits per heavy atom. The Balaban J connectivity index is 2.05. The Labute approximate surface area is 147 Å². The second kappa shape index (κ2) is 6.40. The molecule has 0 aromatic carbocycles. The van der Waals surface area contributed by atoms with Crippen molar-refractivity contribution in [1.82, 2.24) is 14.8 Å². The fourth-order valence-corrected chi connectivity index (χ4v) is 5.34. The maximum atomic E-state index is 11.8. The molecule has 25 heavy (non-hydrogen) atoms. The molecule has 3 rings (SSSR count). The molecule has 0 aliphatic carbocycles. The maximum absolute atomic E-state index is 11.8. The molecule has 7 nitrogen and oxygen atoms in total. The van der Waals surface area contributed by atoms with Gasteiger partial charge in [0.2, 0.25) is 0 Å². The summed E-state index contributed by atoms with van der Waals surface area (Å²) in [5.41, 5.74) is 4.49. The SMILES string of the molecule is COC(=O)CCc1c(C)nc2c(c(C)nn2[C@@H]2CCS(=O)(=O)C2)c1C. The summed E-state index contributed by atoms with van der Waals surface area (Å²) >= 11 is 0. The minimum absolute atomic E-state index is 0.118. The van der Waals surface area contributed by atoms with Crippen molar-refractivity contribution < 1.29 is 17.9 Å². The average molecular weight is 365 g/mol. The van der Waals surface area contributed by atoms with Crippen LogP contribution in [0.25, 0.3) is 11.0 Å². The quantitative estimate of drug-likeness (QED) is 0.768. The van der Waals surface area contributed by atoms with Crippen LogP contribution in [0.2, 0.25) is 0 Å². The predicted molar refractivity (Wildman–Crippen MR) is 94.4 cm³/mol. The highest BCUT2D eigenvalue weighted by Gasteiger charge is 2.32. The number of hydrogen-bond donors (Lipinski definition) is 0. The molecule has 0 N–H and O–H groups in total. The average Bonchev–Trinajstić information content (AvgIpc) is 3.06. The van der Waals surface area contributed by atoms with Gasteiger partial charge in [-0.1, -0.05) is 0 Å². The molecule has 0 unspecified atom stereocenters. The number of fused-ring (bicyclic) bond motifs is 1. The van der Waals surface area contributed by atoms with Crippen molar-refractivity contribution in [3.05, 3.63) is 22.5 Å². The summed E-state index contributed by atoms with van der Waals surface area (Å²) in [4.78, 5) is 16.2. The van der Waals surface area contributed by atoms with Crippen LogP contribution in [0.4, 0.5) is 0 Å². The number of hydrogen-bond acceptors (Lipinski definition) is 6. The van der Waals surface area contributed by atoms with E-state index in [9.17, 15) is 13.2 Å². The number of esters is 1. The summed E-state index contributed by atoms with van der Waals surface area (Å²) in [6.07, 6.45) is 1.44. The standard InChI is InChI=1S/C17H23N3O4S/c1-10-14(5-6-15(21)24-4)11(2)18-17-16(10)12(3)19-20(17)13-7-8-25(22,23)9-13/h13H,5-9H2,1-4H3/t13-/m1/s1. The van der Waals surface area contributed by atoms with Gasteiger partial charge in [0.05, 0.1) is 30.4 Å². The lowest BCUT2D eigenvalue weighted by atomic mass is 9.99. The molecule has 136 valence electrons. The largest absolute Gasteiger partial charge is 0.469 e. The topological polar surface area (TPSA) is 91.2 Å². The monoisotopic (exact) mass is 365 g/mol. The number of ether oxygens (including phenoxy) is 1. The number of pyridine rings is 1. The normalized spacial score (nSPS) is 19.4. The van der Waals surface area contributed by atoms with Crippen LogP contribution in [0.15, 0.2) is 0 Å². The van der Waals surface area contributed by atoms with Crippen LogP contribution >= 0.6 is 0 Å². The van der Waals surface area contributed by atoms with E-state index in [1.807, 2.05) is 20.8 Å². The second-order valence-corrected chi connectivity index (χ2v) is 8.89. The molecule has 0 amide bonds. The molecular formula is C17H23N3O4S. The molecule has 0 spiro atoms. The number of carbonyl (C=O) groups is 1. The van der Waals surface area contributed by atoms with Crippen molar-refractivity contribution in [2.24, 2.45) is 0 Å². The molecular weight excluding hydrogens is 342 g/mol. The fourth-order valence-electron chi connectivity index (χ4n) is 3.65. The van der Waals surface area contributed by atoms with Gasteiger partial charge in [0.1, 0.15) is 0 Å². The Hall–Kier alpha value is -1.96. The van der Waals surface area contributed by atoms with E-state index in [0.29, 0.717) is 19.3 Å². The number of aromatic nitrogens is 3. The van der Waals surface area contributed by atoms with Crippen LogP contribution in [0.3, 0.4) is 0 Å². The minimum Gasteiger partial charge on any atom is -0.469 e. The van der Waals surface area contributed by atoms with Gasteiger partial charge in [-0.05, 0) is 44.7 Å². The lowest BCUT2D eigenvalue weighted by Crippen LogP contribution is -2.13. The van der Waals surface area contributed by atoms with Crippen LogP contribution in [0.5, 0.6) is 0 Å². The van der Waals surface area contributed by atoms with E-state index in [4.69, 9.17) is 9.72 Å². The van der Waals surface area contributed by atoms with Gasteiger partial charge in [-0.25, -0.2) is 18.1 Å². The summed E-state index contributed by atoms with van der Waals surface area (Å²) < 4.78 is 30.1. The molecule has 1 aliphatic heterocycles. The number of carbonyl (C=O) groups excluding carboxylic acids is 1. The summed E-state index contributed by atoms with van der Waals surface area (Å²) in [5, 5.41) is 5.54. The zero-order valence-electron chi connectivity index (χ0n) is 15.0. The van der Waals surface area contributed by atoms with E-state index < -0.39 is 9.84 Å². The van der Waals surface area contributed by atoms with Crippen LogP contribution in [-0.2, 0) is 25.8 Å². The second-order valence-electron chi connectivity index (χ2n) is 6.66. The van der Waals surface area contributed by atoms with E-state index in [-0.39, 0.29) is 23.5 Å². The Morgan fingerprint density at radius 3 is 2.60 bits per heavy atom. The van der Waals surface area contributed by atoms with Gasteiger partial charge in [0.15, 0.2) is 15.5 Å². The zero-order valence-corrected chi connectivity index (χ0v) is 15.8. The van der Waals surface area contributed by atoms with E-state index in [2.05, 4.69) is 5.10 Å². The van der Waals surface area contributed by atoms with Gasteiger partial charge < -0.3 is 4.74 Å². The molecule has 0 saturated carbocycles.